The first kappa shape index (κ1) is 26.6. The molecule has 0 N–H and O–H groups in total. The van der Waals surface area contributed by atoms with Crippen LogP contribution in [0.25, 0.3) is 11.1 Å². The lowest BCUT2D eigenvalue weighted by molar-refractivity contribution is 0.00739. The lowest BCUT2D eigenvalue weighted by Crippen LogP contribution is -2.01. The Labute approximate surface area is 202 Å². The van der Waals surface area contributed by atoms with Crippen molar-refractivity contribution in [2.75, 3.05) is 0 Å². The molecule has 176 valence electrons. The molecule has 0 saturated carbocycles. The van der Waals surface area contributed by atoms with Gasteiger partial charge in [-0.3, -0.25) is 0 Å². The average Bonchev–Trinajstić information content (AvgIpc) is 2.85. The summed E-state index contributed by atoms with van der Waals surface area (Å²) < 4.78 is 0. The summed E-state index contributed by atoms with van der Waals surface area (Å²) in [6.07, 6.45) is 12.2. The summed E-state index contributed by atoms with van der Waals surface area (Å²) in [5, 5.41) is 0. The maximum atomic E-state index is 9.41. The Morgan fingerprint density at radius 2 is 1.24 bits per heavy atom. The molecule has 0 bridgehead atoms. The van der Waals surface area contributed by atoms with E-state index in [4.69, 9.17) is 0 Å². The molecule has 33 heavy (non-hydrogen) atoms. The number of benzene rings is 2. The van der Waals surface area contributed by atoms with Gasteiger partial charge in [0.05, 0.1) is 5.57 Å². The summed E-state index contributed by atoms with van der Waals surface area (Å²) >= 11 is 0. The van der Waals surface area contributed by atoms with Gasteiger partial charge in [0.25, 0.3) is 0 Å². The predicted molar refractivity (Wildman–Crippen MR) is 143 cm³/mol. The lowest BCUT2D eigenvalue weighted by atomic mass is 9.85. The van der Waals surface area contributed by atoms with Crippen molar-refractivity contribution in [2.24, 2.45) is 0 Å². The molecule has 2 nitrogen and oxygen atoms in total. The van der Waals surface area contributed by atoms with Gasteiger partial charge in [0.1, 0.15) is 0 Å². The number of rotatable bonds is 14. The molecule has 0 saturated heterocycles. The standard InChI is InChI=1S/C31H42N2/c1-5-9-12-13-26-18-22-28(23-19-26)31(27-20-16-25(8-4)17-21-27)30(15-11-7-3)29(24-33-32)14-10-6-2/h16-23H,5-15H2,1-4H3. The quantitative estimate of drug-likeness (QED) is 0.0920. The van der Waals surface area contributed by atoms with Crippen LogP contribution in [0.2, 0.25) is 0 Å². The Balaban J connectivity index is 2.66. The van der Waals surface area contributed by atoms with E-state index >= 15 is 0 Å². The Morgan fingerprint density at radius 3 is 1.76 bits per heavy atom. The molecule has 2 heteroatoms. The first-order chi connectivity index (χ1) is 16.2. The summed E-state index contributed by atoms with van der Waals surface area (Å²) in [5.41, 5.74) is 18.2. The van der Waals surface area contributed by atoms with Crippen LogP contribution in [0.1, 0.15) is 108 Å². The van der Waals surface area contributed by atoms with Crippen molar-refractivity contribution in [3.05, 3.63) is 87.5 Å². The summed E-state index contributed by atoms with van der Waals surface area (Å²) in [7, 11) is 0. The highest BCUT2D eigenvalue weighted by Gasteiger charge is 2.18. The minimum atomic E-state index is 0.880. The van der Waals surface area contributed by atoms with Crippen LogP contribution in [-0.2, 0) is 12.8 Å². The Hall–Kier alpha value is -2.66. The molecule has 0 spiro atoms. The third-order valence-electron chi connectivity index (χ3n) is 6.37. The van der Waals surface area contributed by atoms with Gasteiger partial charge in [0.2, 0.25) is 0 Å². The van der Waals surface area contributed by atoms with Crippen LogP contribution < -0.4 is 0 Å². The van der Waals surface area contributed by atoms with Crippen molar-refractivity contribution in [2.45, 2.75) is 98.3 Å². The molecule has 2 rings (SSSR count). The van der Waals surface area contributed by atoms with E-state index in [0.29, 0.717) is 0 Å². The molecule has 0 aliphatic rings. The molecular weight excluding hydrogens is 400 g/mol. The minimum Gasteiger partial charge on any atom is -0.348 e. The third kappa shape index (κ3) is 8.32. The summed E-state index contributed by atoms with van der Waals surface area (Å²) in [6, 6.07) is 18.1. The first-order valence-corrected chi connectivity index (χ1v) is 13.1. The van der Waals surface area contributed by atoms with E-state index < -0.39 is 0 Å². The van der Waals surface area contributed by atoms with Gasteiger partial charge in [-0.2, -0.15) is 0 Å². The maximum Gasteiger partial charge on any atom is 0.303 e. The van der Waals surface area contributed by atoms with Gasteiger partial charge >= 0.3 is 5.87 Å². The number of unbranched alkanes of at least 4 members (excludes halogenated alkanes) is 4. The van der Waals surface area contributed by atoms with Gasteiger partial charge < -0.3 is 5.53 Å². The molecule has 0 heterocycles. The van der Waals surface area contributed by atoms with Gasteiger partial charge in [0, 0.05) is 0 Å². The average molecular weight is 443 g/mol. The van der Waals surface area contributed by atoms with Crippen LogP contribution in [-0.4, -0.2) is 10.7 Å². The second kappa shape index (κ2) is 15.2. The van der Waals surface area contributed by atoms with Crippen molar-refractivity contribution < 1.29 is 4.79 Å². The van der Waals surface area contributed by atoms with Crippen molar-refractivity contribution in [1.29, 1.82) is 0 Å². The summed E-state index contributed by atoms with van der Waals surface area (Å²) in [4.78, 5) is 3.35. The molecule has 0 aliphatic carbocycles. The second-order valence-electron chi connectivity index (χ2n) is 8.96. The molecule has 0 fully saturated rings. The van der Waals surface area contributed by atoms with E-state index in [1.807, 2.05) is 0 Å². The third-order valence-corrected chi connectivity index (χ3v) is 6.37. The van der Waals surface area contributed by atoms with Crippen LogP contribution in [0.3, 0.4) is 0 Å². The van der Waals surface area contributed by atoms with Crippen molar-refractivity contribution >= 4 is 11.4 Å². The fourth-order valence-electron chi connectivity index (χ4n) is 4.31. The van der Waals surface area contributed by atoms with Gasteiger partial charge in [-0.1, -0.05) is 102 Å². The lowest BCUT2D eigenvalue weighted by Gasteiger charge is -2.18. The van der Waals surface area contributed by atoms with E-state index in [1.165, 1.54) is 52.7 Å². The van der Waals surface area contributed by atoms with Crippen LogP contribution in [0.4, 0.5) is 0 Å². The van der Waals surface area contributed by atoms with Crippen LogP contribution >= 0.6 is 0 Å². The van der Waals surface area contributed by atoms with Gasteiger partial charge in [-0.05, 0) is 78.3 Å². The first-order valence-electron chi connectivity index (χ1n) is 13.1. The number of hydrogen-bond donors (Lipinski definition) is 0. The maximum absolute atomic E-state index is 9.41. The van der Waals surface area contributed by atoms with Gasteiger partial charge in [0.15, 0.2) is 0 Å². The molecule has 2 aromatic rings. The Bertz CT molecular complexity index is 951. The van der Waals surface area contributed by atoms with E-state index in [0.717, 1.165) is 56.9 Å². The molecule has 0 aromatic heterocycles. The van der Waals surface area contributed by atoms with Crippen LogP contribution in [0, 0.1) is 0 Å². The highest BCUT2D eigenvalue weighted by atomic mass is 14.8. The molecule has 0 aliphatic heterocycles. The Kier molecular flexibility index (Phi) is 12.3. The van der Waals surface area contributed by atoms with Gasteiger partial charge in [-0.25, -0.2) is 0 Å². The summed E-state index contributed by atoms with van der Waals surface area (Å²) in [5.74, 6) is 2.95. The molecule has 0 unspecified atom stereocenters. The van der Waals surface area contributed by atoms with Crippen molar-refractivity contribution in [3.63, 3.8) is 0 Å². The van der Waals surface area contributed by atoms with Gasteiger partial charge in [-0.15, -0.1) is 4.79 Å². The monoisotopic (exact) mass is 442 g/mol. The molecular formula is C31H42N2. The van der Waals surface area contributed by atoms with E-state index in [9.17, 15) is 5.53 Å². The fraction of sp³-hybridized carbons (Fsp3) is 0.484. The smallest absolute Gasteiger partial charge is 0.303 e. The number of aryl methyl sites for hydroxylation is 2. The minimum absolute atomic E-state index is 0.880. The highest BCUT2D eigenvalue weighted by molar-refractivity contribution is 5.87. The van der Waals surface area contributed by atoms with Crippen LogP contribution in [0.15, 0.2) is 59.7 Å². The van der Waals surface area contributed by atoms with E-state index in [1.54, 1.807) is 0 Å². The largest absolute Gasteiger partial charge is 0.348 e. The summed E-state index contributed by atoms with van der Waals surface area (Å²) in [6.45, 7) is 8.87. The zero-order valence-electron chi connectivity index (χ0n) is 21.3. The Morgan fingerprint density at radius 1 is 0.697 bits per heavy atom. The number of allylic oxidation sites excluding steroid dienone is 2. The SMILES string of the molecule is CCCCCc1ccc(C(=C(CCCC)C(=C=[N+]=[N-])CCCC)c2ccc(CC)cc2)cc1. The highest BCUT2D eigenvalue weighted by Crippen LogP contribution is 2.35. The molecule has 0 atom stereocenters. The van der Waals surface area contributed by atoms with E-state index in [-0.39, 0.29) is 0 Å². The van der Waals surface area contributed by atoms with Crippen molar-refractivity contribution in [3.8, 4) is 0 Å². The molecule has 2 aromatic carbocycles. The normalized spacial score (nSPS) is 11.5. The molecule has 0 amide bonds. The van der Waals surface area contributed by atoms with Crippen molar-refractivity contribution in [1.82, 2.24) is 0 Å². The molecule has 0 radical (unpaired) electrons. The zero-order valence-corrected chi connectivity index (χ0v) is 21.3. The topological polar surface area (TPSA) is 36.4 Å². The second-order valence-corrected chi connectivity index (χ2v) is 8.96. The van der Waals surface area contributed by atoms with E-state index in [2.05, 4.69) is 86.9 Å². The predicted octanol–water partition coefficient (Wildman–Crippen LogP) is 8.99. The fourth-order valence-corrected chi connectivity index (χ4v) is 4.31. The number of hydrogen-bond acceptors (Lipinski definition) is 0. The zero-order chi connectivity index (χ0) is 23.9. The van der Waals surface area contributed by atoms with Crippen LogP contribution in [0.5, 0.6) is 0 Å². The number of nitrogens with zero attached hydrogens (tertiary/aromatic N) is 2.